The van der Waals surface area contributed by atoms with Crippen molar-refractivity contribution in [2.24, 2.45) is 0 Å². The SMILES string of the molecule is CC/C=C/C/C=C/C/C=C/C/C=C/CCCCCC(=O)NC(COP(=O)(O)OCC[N+](C)(C)C)C(/C=C\CCCCCCCCCCCC)OC(=O)CCCCCCCCCCCCCCC/C=C/CCCCCCCC. The van der Waals surface area contributed by atoms with Gasteiger partial charge in [0.15, 0.2) is 0 Å². The van der Waals surface area contributed by atoms with E-state index in [1.807, 2.05) is 33.3 Å². The van der Waals surface area contributed by atoms with Gasteiger partial charge in [-0.1, -0.05) is 255 Å². The van der Waals surface area contributed by atoms with Crippen molar-refractivity contribution < 1.29 is 37.3 Å². The molecule has 3 atom stereocenters. The first kappa shape index (κ1) is 74.5. The first-order valence-corrected chi connectivity index (χ1v) is 33.8. The lowest BCUT2D eigenvalue weighted by Gasteiger charge is -2.27. The zero-order valence-electron chi connectivity index (χ0n) is 51.2. The first-order chi connectivity index (χ1) is 37.4. The molecule has 0 aliphatic rings. The summed E-state index contributed by atoms with van der Waals surface area (Å²) >= 11 is 0. The molecule has 3 unspecified atom stereocenters. The van der Waals surface area contributed by atoms with Gasteiger partial charge in [-0.15, -0.1) is 0 Å². The molecule has 0 bridgehead atoms. The molecule has 0 saturated heterocycles. The second-order valence-electron chi connectivity index (χ2n) is 22.9. The van der Waals surface area contributed by atoms with Crippen LogP contribution < -0.4 is 5.32 Å². The average Bonchev–Trinajstić information content (AvgIpc) is 3.39. The molecule has 0 fully saturated rings. The van der Waals surface area contributed by atoms with Crippen LogP contribution in [0.2, 0.25) is 0 Å². The number of amides is 1. The predicted molar refractivity (Wildman–Crippen MR) is 332 cm³/mol. The van der Waals surface area contributed by atoms with Gasteiger partial charge in [0.05, 0.1) is 33.8 Å². The highest BCUT2D eigenvalue weighted by Crippen LogP contribution is 2.43. The van der Waals surface area contributed by atoms with Crippen LogP contribution in [0.25, 0.3) is 0 Å². The highest BCUT2D eigenvalue weighted by molar-refractivity contribution is 7.47. The van der Waals surface area contributed by atoms with Crippen LogP contribution in [0, 0.1) is 0 Å². The Morgan fingerprint density at radius 2 is 0.831 bits per heavy atom. The molecule has 0 aromatic carbocycles. The van der Waals surface area contributed by atoms with Crippen molar-refractivity contribution in [1.82, 2.24) is 5.32 Å². The van der Waals surface area contributed by atoms with Crippen molar-refractivity contribution in [3.63, 3.8) is 0 Å². The number of rotatable bonds is 58. The number of likely N-dealkylation sites (N-methyl/N-ethyl adjacent to an activating group) is 1. The number of carbonyl (C=O) groups excluding carboxylic acids is 2. The molecule has 2 N–H and O–H groups in total. The third-order valence-corrected chi connectivity index (χ3v) is 15.1. The number of esters is 1. The smallest absolute Gasteiger partial charge is 0.456 e. The van der Waals surface area contributed by atoms with E-state index in [4.69, 9.17) is 13.8 Å². The number of allylic oxidation sites excluding steroid dienone is 11. The topological polar surface area (TPSA) is 111 Å². The van der Waals surface area contributed by atoms with Crippen LogP contribution in [0.3, 0.4) is 0 Å². The largest absolute Gasteiger partial charge is 0.472 e. The molecule has 0 aliphatic heterocycles. The molecular weight excluding hydrogens is 976 g/mol. The zero-order valence-corrected chi connectivity index (χ0v) is 52.1. The van der Waals surface area contributed by atoms with Gasteiger partial charge in [0.1, 0.15) is 19.3 Å². The fraction of sp³-hybridized carbons (Fsp3) is 0.791. The Labute approximate surface area is 476 Å². The monoisotopic (exact) mass is 1100 g/mol. The van der Waals surface area contributed by atoms with E-state index in [0.717, 1.165) is 83.5 Å². The van der Waals surface area contributed by atoms with E-state index < -0.39 is 20.0 Å². The number of ether oxygens (including phenoxy) is 1. The normalized spacial score (nSPS) is 14.1. The van der Waals surface area contributed by atoms with Gasteiger partial charge >= 0.3 is 13.8 Å². The number of hydrogen-bond donors (Lipinski definition) is 2. The lowest BCUT2D eigenvalue weighted by molar-refractivity contribution is -0.870. The van der Waals surface area contributed by atoms with E-state index in [1.165, 1.54) is 167 Å². The minimum atomic E-state index is -4.46. The number of hydrogen-bond acceptors (Lipinski definition) is 6. The van der Waals surface area contributed by atoms with E-state index in [9.17, 15) is 19.0 Å². The lowest BCUT2D eigenvalue weighted by atomic mass is 10.0. The van der Waals surface area contributed by atoms with Crippen LogP contribution in [0.5, 0.6) is 0 Å². The number of nitrogens with zero attached hydrogens (tertiary/aromatic N) is 1. The van der Waals surface area contributed by atoms with Crippen LogP contribution >= 0.6 is 7.82 Å². The van der Waals surface area contributed by atoms with E-state index in [2.05, 4.69) is 86.8 Å². The second kappa shape index (κ2) is 56.7. The van der Waals surface area contributed by atoms with Crippen LogP contribution in [0.15, 0.2) is 72.9 Å². The molecule has 0 saturated carbocycles. The highest BCUT2D eigenvalue weighted by atomic mass is 31.2. The maximum atomic E-state index is 13.5. The molecule has 0 aliphatic carbocycles. The number of quaternary nitrogens is 1. The van der Waals surface area contributed by atoms with Gasteiger partial charge in [-0.3, -0.25) is 18.6 Å². The Morgan fingerprint density at radius 3 is 1.27 bits per heavy atom. The molecule has 448 valence electrons. The molecule has 77 heavy (non-hydrogen) atoms. The summed E-state index contributed by atoms with van der Waals surface area (Å²) in [4.78, 5) is 37.7. The van der Waals surface area contributed by atoms with Crippen molar-refractivity contribution >= 4 is 19.7 Å². The van der Waals surface area contributed by atoms with Crippen molar-refractivity contribution in [2.75, 3.05) is 40.9 Å². The summed E-state index contributed by atoms with van der Waals surface area (Å²) in [5.41, 5.74) is 0. The molecular formula is C67H124N2O7P+. The molecule has 0 radical (unpaired) electrons. The number of phosphoric acid groups is 1. The Hall–Kier alpha value is -2.55. The molecule has 0 aromatic rings. The van der Waals surface area contributed by atoms with Crippen LogP contribution in [0.4, 0.5) is 0 Å². The molecule has 0 aromatic heterocycles. The highest BCUT2D eigenvalue weighted by Gasteiger charge is 2.30. The summed E-state index contributed by atoms with van der Waals surface area (Å²) in [7, 11) is 1.47. The van der Waals surface area contributed by atoms with Gasteiger partial charge in [0.25, 0.3) is 0 Å². The third kappa shape index (κ3) is 57.9. The van der Waals surface area contributed by atoms with Gasteiger partial charge in [-0.05, 0) is 96.0 Å². The molecule has 9 nitrogen and oxygen atoms in total. The maximum Gasteiger partial charge on any atom is 0.472 e. The van der Waals surface area contributed by atoms with Crippen molar-refractivity contribution in [2.45, 2.75) is 303 Å². The number of nitrogens with one attached hydrogen (secondary N) is 1. The quantitative estimate of drug-likeness (QED) is 0.0205. The molecule has 0 heterocycles. The lowest BCUT2D eigenvalue weighted by Crippen LogP contribution is -2.47. The van der Waals surface area contributed by atoms with Crippen molar-refractivity contribution in [3.8, 4) is 0 Å². The Kier molecular flexibility index (Phi) is 54.8. The first-order valence-electron chi connectivity index (χ1n) is 32.3. The summed E-state index contributed by atoms with van der Waals surface area (Å²) in [6.45, 7) is 6.88. The van der Waals surface area contributed by atoms with Crippen LogP contribution in [0.1, 0.15) is 290 Å². The maximum absolute atomic E-state index is 13.5. The standard InChI is InChI=1S/C67H123N2O7P/c1-7-10-13-16-19-22-25-28-30-32-33-34-35-36-37-38-40-42-45-48-51-54-57-60-67(71)76-65(58-55-52-49-46-43-27-24-21-18-15-12-9-3)64(63-75-77(72,73)74-62-61-69(4,5)6)68-66(70)59-56-53-50-47-44-41-39-31-29-26-23-20-17-14-11-8-2/h11,14,20,23,28-31,41,44,55,58,64-65H,7-10,12-13,15-19,21-22,24-27,32-40,42-43,45-54,56-57,59-63H2,1-6H3,(H-,68,70,72,73)/p+1/b14-11+,23-20+,30-28+,31-29+,44-41+,58-55-. The predicted octanol–water partition coefficient (Wildman–Crippen LogP) is 20.0. The van der Waals surface area contributed by atoms with Crippen molar-refractivity contribution in [3.05, 3.63) is 72.9 Å². The summed E-state index contributed by atoms with van der Waals surface area (Å²) < 4.78 is 30.7. The number of phosphoric ester groups is 1. The van der Waals surface area contributed by atoms with Gasteiger partial charge in [0.2, 0.25) is 5.91 Å². The van der Waals surface area contributed by atoms with E-state index in [1.54, 1.807) is 0 Å². The Bertz CT molecular complexity index is 1550. The van der Waals surface area contributed by atoms with Crippen molar-refractivity contribution in [1.29, 1.82) is 0 Å². The fourth-order valence-electron chi connectivity index (χ4n) is 9.16. The molecule has 1 amide bonds. The summed E-state index contributed by atoms with van der Waals surface area (Å²) in [6, 6.07) is -0.867. The minimum Gasteiger partial charge on any atom is -0.456 e. The van der Waals surface area contributed by atoms with Gasteiger partial charge < -0.3 is 19.4 Å². The van der Waals surface area contributed by atoms with Gasteiger partial charge in [-0.2, -0.15) is 0 Å². The fourth-order valence-corrected chi connectivity index (χ4v) is 9.90. The summed E-state index contributed by atoms with van der Waals surface area (Å²) in [6.07, 6.45) is 73.4. The van der Waals surface area contributed by atoms with E-state index in [0.29, 0.717) is 23.9 Å². The average molecular weight is 1100 g/mol. The van der Waals surface area contributed by atoms with Crippen LogP contribution in [-0.4, -0.2) is 74.3 Å². The van der Waals surface area contributed by atoms with Gasteiger partial charge in [-0.25, -0.2) is 4.57 Å². The molecule has 10 heteroatoms. The van der Waals surface area contributed by atoms with E-state index in [-0.39, 0.29) is 31.5 Å². The zero-order chi connectivity index (χ0) is 56.4. The Balaban J connectivity index is 5.19. The third-order valence-electron chi connectivity index (χ3n) is 14.1. The Morgan fingerprint density at radius 1 is 0.468 bits per heavy atom. The minimum absolute atomic E-state index is 0.0321. The summed E-state index contributed by atoms with van der Waals surface area (Å²) in [5.74, 6) is -0.537. The number of unbranched alkanes of at least 4 members (excludes halogenated alkanes) is 32. The summed E-state index contributed by atoms with van der Waals surface area (Å²) in [5, 5.41) is 3.04. The molecule has 0 spiro atoms. The van der Waals surface area contributed by atoms with Crippen LogP contribution in [-0.2, 0) is 27.9 Å². The van der Waals surface area contributed by atoms with E-state index >= 15 is 0 Å². The number of carbonyl (C=O) groups is 2. The molecule has 0 rings (SSSR count). The second-order valence-corrected chi connectivity index (χ2v) is 24.4. The van der Waals surface area contributed by atoms with Gasteiger partial charge in [0, 0.05) is 12.8 Å².